The molecule has 106 valence electrons. The van der Waals surface area contributed by atoms with Gasteiger partial charge in [0.2, 0.25) is 0 Å². The van der Waals surface area contributed by atoms with Crippen LogP contribution >= 0.6 is 23.7 Å². The lowest BCUT2D eigenvalue weighted by molar-refractivity contribution is -0.385. The van der Waals surface area contributed by atoms with Crippen LogP contribution in [-0.2, 0) is 0 Å². The molecule has 1 amide bonds. The largest absolute Gasteiger partial charge is 0.337 e. The second-order valence-electron chi connectivity index (χ2n) is 4.20. The molecular formula is C11H16ClN3O3S. The number of nitrogens with one attached hydrogen (secondary N) is 1. The maximum atomic E-state index is 12.2. The number of nitrogens with zero attached hydrogens (tertiary/aromatic N) is 2. The fourth-order valence-corrected chi connectivity index (χ4v) is 2.92. The third kappa shape index (κ3) is 3.65. The monoisotopic (exact) mass is 305 g/mol. The smallest absolute Gasteiger partial charge is 0.283 e. The number of hydrogen-bond acceptors (Lipinski definition) is 5. The van der Waals surface area contributed by atoms with E-state index in [0.29, 0.717) is 22.8 Å². The minimum Gasteiger partial charge on any atom is -0.337 e. The summed E-state index contributed by atoms with van der Waals surface area (Å²) in [6, 6.07) is 1.39. The number of halogens is 1. The predicted octanol–water partition coefficient (Wildman–Crippen LogP) is 1.82. The molecule has 1 fully saturated rings. The molecule has 0 bridgehead atoms. The van der Waals surface area contributed by atoms with Crippen LogP contribution in [-0.4, -0.2) is 41.9 Å². The molecule has 19 heavy (non-hydrogen) atoms. The van der Waals surface area contributed by atoms with Gasteiger partial charge in [0.1, 0.15) is 0 Å². The average Bonchev–Trinajstić information content (AvgIpc) is 2.56. The van der Waals surface area contributed by atoms with E-state index in [9.17, 15) is 14.9 Å². The van der Waals surface area contributed by atoms with E-state index < -0.39 is 4.92 Å². The van der Waals surface area contributed by atoms with Crippen LogP contribution in [0.25, 0.3) is 0 Å². The third-order valence-corrected chi connectivity index (χ3v) is 3.95. The zero-order valence-corrected chi connectivity index (χ0v) is 12.2. The lowest BCUT2D eigenvalue weighted by Crippen LogP contribution is -2.33. The summed E-state index contributed by atoms with van der Waals surface area (Å²) in [6.07, 6.45) is 0.915. The van der Waals surface area contributed by atoms with E-state index in [1.165, 1.54) is 17.4 Å². The molecule has 0 aliphatic carbocycles. The topological polar surface area (TPSA) is 75.5 Å². The Morgan fingerprint density at radius 3 is 2.84 bits per heavy atom. The van der Waals surface area contributed by atoms with E-state index in [-0.39, 0.29) is 24.0 Å². The van der Waals surface area contributed by atoms with Gasteiger partial charge in [-0.15, -0.1) is 23.7 Å². The lowest BCUT2D eigenvalue weighted by atomic mass is 10.3. The normalized spacial score (nSPS) is 15.5. The van der Waals surface area contributed by atoms with Crippen LogP contribution in [0.15, 0.2) is 6.07 Å². The molecule has 1 aliphatic heterocycles. The molecule has 1 aromatic rings. The van der Waals surface area contributed by atoms with Crippen LogP contribution in [0.3, 0.4) is 0 Å². The quantitative estimate of drug-likeness (QED) is 0.668. The highest BCUT2D eigenvalue weighted by molar-refractivity contribution is 7.14. The van der Waals surface area contributed by atoms with Crippen molar-refractivity contribution in [1.29, 1.82) is 0 Å². The zero-order valence-electron chi connectivity index (χ0n) is 10.5. The van der Waals surface area contributed by atoms with Gasteiger partial charge in [-0.2, -0.15) is 0 Å². The van der Waals surface area contributed by atoms with E-state index >= 15 is 0 Å². The van der Waals surface area contributed by atoms with Crippen LogP contribution in [0.1, 0.15) is 21.0 Å². The van der Waals surface area contributed by atoms with Gasteiger partial charge in [-0.05, 0) is 19.9 Å². The summed E-state index contributed by atoms with van der Waals surface area (Å²) in [5.41, 5.74) is 0.0382. The van der Waals surface area contributed by atoms with Crippen LogP contribution in [0.5, 0.6) is 0 Å². The van der Waals surface area contributed by atoms with Crippen LogP contribution in [0, 0.1) is 17.0 Å². The highest BCUT2D eigenvalue weighted by atomic mass is 35.5. The fourth-order valence-electron chi connectivity index (χ4n) is 1.96. The molecule has 1 aromatic heterocycles. The van der Waals surface area contributed by atoms with Gasteiger partial charge < -0.3 is 10.2 Å². The van der Waals surface area contributed by atoms with Crippen LogP contribution < -0.4 is 5.32 Å². The number of carbonyl (C=O) groups excluding carboxylic acids is 1. The Kier molecular flexibility index (Phi) is 5.71. The minimum atomic E-state index is -0.438. The molecule has 1 N–H and O–H groups in total. The molecule has 2 rings (SSSR count). The maximum absolute atomic E-state index is 12.2. The van der Waals surface area contributed by atoms with Crippen LogP contribution in [0.2, 0.25) is 0 Å². The van der Waals surface area contributed by atoms with Gasteiger partial charge in [-0.3, -0.25) is 14.9 Å². The SMILES string of the molecule is Cc1sc(C(=O)N2CCCNCC2)cc1[N+](=O)[O-].Cl. The van der Waals surface area contributed by atoms with Gasteiger partial charge >= 0.3 is 0 Å². The highest BCUT2D eigenvalue weighted by Gasteiger charge is 2.23. The second-order valence-corrected chi connectivity index (χ2v) is 5.46. The maximum Gasteiger partial charge on any atom is 0.283 e. The average molecular weight is 306 g/mol. The Balaban J connectivity index is 0.00000180. The first kappa shape index (κ1) is 15.9. The molecule has 0 atom stereocenters. The number of nitro groups is 1. The molecular weight excluding hydrogens is 290 g/mol. The molecule has 0 spiro atoms. The Morgan fingerprint density at radius 2 is 2.21 bits per heavy atom. The van der Waals surface area contributed by atoms with Crippen molar-refractivity contribution >= 4 is 35.3 Å². The summed E-state index contributed by atoms with van der Waals surface area (Å²) >= 11 is 1.20. The molecule has 8 heteroatoms. The van der Waals surface area contributed by atoms with Crippen molar-refractivity contribution in [2.45, 2.75) is 13.3 Å². The van der Waals surface area contributed by atoms with E-state index in [1.807, 2.05) is 0 Å². The fraction of sp³-hybridized carbons (Fsp3) is 0.545. The standard InChI is InChI=1S/C11H15N3O3S.ClH/c1-8-9(14(16)17)7-10(18-8)11(15)13-5-2-3-12-4-6-13;/h7,12H,2-6H2,1H3;1H. The van der Waals surface area contributed by atoms with Gasteiger partial charge in [0.15, 0.2) is 0 Å². The van der Waals surface area contributed by atoms with Crippen molar-refractivity contribution in [3.8, 4) is 0 Å². The summed E-state index contributed by atoms with van der Waals surface area (Å²) in [5.74, 6) is -0.0973. The van der Waals surface area contributed by atoms with Crippen molar-refractivity contribution in [1.82, 2.24) is 10.2 Å². The van der Waals surface area contributed by atoms with Gasteiger partial charge in [-0.25, -0.2) is 0 Å². The molecule has 2 heterocycles. The van der Waals surface area contributed by atoms with Crippen molar-refractivity contribution in [2.75, 3.05) is 26.2 Å². The van der Waals surface area contributed by atoms with Gasteiger partial charge in [0.05, 0.1) is 14.7 Å². The van der Waals surface area contributed by atoms with Crippen LogP contribution in [0.4, 0.5) is 5.69 Å². The first-order chi connectivity index (χ1) is 8.59. The first-order valence-corrected chi connectivity index (χ1v) is 6.66. The van der Waals surface area contributed by atoms with E-state index in [1.54, 1.807) is 11.8 Å². The van der Waals surface area contributed by atoms with Gasteiger partial charge in [0.25, 0.3) is 11.6 Å². The Labute approximate surface area is 121 Å². The Bertz CT molecular complexity index is 470. The molecule has 1 aliphatic rings. The summed E-state index contributed by atoms with van der Waals surface area (Å²) in [7, 11) is 0. The van der Waals surface area contributed by atoms with E-state index in [2.05, 4.69) is 5.32 Å². The lowest BCUT2D eigenvalue weighted by Gasteiger charge is -2.18. The number of carbonyl (C=O) groups is 1. The summed E-state index contributed by atoms with van der Waals surface area (Å²) in [4.78, 5) is 25.4. The number of hydrogen-bond donors (Lipinski definition) is 1. The Morgan fingerprint density at radius 1 is 1.47 bits per heavy atom. The van der Waals surface area contributed by atoms with E-state index in [0.717, 1.165) is 19.5 Å². The first-order valence-electron chi connectivity index (χ1n) is 5.84. The van der Waals surface area contributed by atoms with Gasteiger partial charge in [0, 0.05) is 25.7 Å². The zero-order chi connectivity index (χ0) is 13.1. The Hall–Kier alpha value is -1.18. The van der Waals surface area contributed by atoms with Crippen molar-refractivity contribution in [3.05, 3.63) is 25.9 Å². The molecule has 0 aromatic carbocycles. The summed E-state index contributed by atoms with van der Waals surface area (Å²) in [6.45, 7) is 4.72. The number of rotatable bonds is 2. The minimum absolute atomic E-state index is 0. The van der Waals surface area contributed by atoms with E-state index in [4.69, 9.17) is 0 Å². The second kappa shape index (κ2) is 6.83. The van der Waals surface area contributed by atoms with Gasteiger partial charge in [-0.1, -0.05) is 0 Å². The molecule has 1 saturated heterocycles. The number of amides is 1. The highest BCUT2D eigenvalue weighted by Crippen LogP contribution is 2.29. The summed E-state index contributed by atoms with van der Waals surface area (Å²) < 4.78 is 0. The molecule has 0 saturated carbocycles. The number of thiophene rings is 1. The molecule has 0 unspecified atom stereocenters. The third-order valence-electron chi connectivity index (χ3n) is 2.93. The predicted molar refractivity (Wildman–Crippen MR) is 76.3 cm³/mol. The van der Waals surface area contributed by atoms with Crippen molar-refractivity contribution in [3.63, 3.8) is 0 Å². The summed E-state index contributed by atoms with van der Waals surface area (Å²) in [5, 5.41) is 14.0. The molecule has 6 nitrogen and oxygen atoms in total. The van der Waals surface area contributed by atoms with Crippen molar-refractivity contribution in [2.24, 2.45) is 0 Å². The van der Waals surface area contributed by atoms with Crippen molar-refractivity contribution < 1.29 is 9.72 Å². The number of aryl methyl sites for hydroxylation is 1. The molecule has 0 radical (unpaired) electrons.